The van der Waals surface area contributed by atoms with Gasteiger partial charge in [-0.3, -0.25) is 24.4 Å². The van der Waals surface area contributed by atoms with Crippen LogP contribution < -0.4 is 10.6 Å². The highest BCUT2D eigenvalue weighted by Crippen LogP contribution is 2.19. The number of hydrogen-bond acceptors (Lipinski definition) is 5. The summed E-state index contributed by atoms with van der Waals surface area (Å²) < 4.78 is 1.27. The number of hydrogen-bond donors (Lipinski definition) is 3. The van der Waals surface area contributed by atoms with E-state index in [-0.39, 0.29) is 30.1 Å². The molecule has 0 bridgehead atoms. The molecule has 3 rings (SSSR count). The summed E-state index contributed by atoms with van der Waals surface area (Å²) in [6.07, 6.45) is 3.44. The maximum absolute atomic E-state index is 12.4. The molecule has 1 aromatic carbocycles. The van der Waals surface area contributed by atoms with Gasteiger partial charge in [0.25, 0.3) is 5.91 Å². The van der Waals surface area contributed by atoms with E-state index in [0.717, 1.165) is 5.56 Å². The van der Waals surface area contributed by atoms with Gasteiger partial charge in [-0.1, -0.05) is 12.1 Å². The van der Waals surface area contributed by atoms with E-state index in [1.165, 1.54) is 30.9 Å². The van der Waals surface area contributed by atoms with Crippen molar-refractivity contribution in [3.8, 4) is 0 Å². The monoisotopic (exact) mass is 384 g/mol. The molecule has 0 saturated carbocycles. The number of aliphatic carboxylic acids is 1. The van der Waals surface area contributed by atoms with Gasteiger partial charge in [0, 0.05) is 18.2 Å². The summed E-state index contributed by atoms with van der Waals surface area (Å²) in [7, 11) is 0. The Bertz CT molecular complexity index is 945. The van der Waals surface area contributed by atoms with Crippen LogP contribution in [0.3, 0.4) is 0 Å². The summed E-state index contributed by atoms with van der Waals surface area (Å²) in [6.45, 7) is 3.01. The molecule has 0 aliphatic carbocycles. The number of anilines is 1. The minimum Gasteiger partial charge on any atom is -0.479 e. The average molecular weight is 384 g/mol. The molecule has 1 unspecified atom stereocenters. The van der Waals surface area contributed by atoms with Crippen LogP contribution in [-0.4, -0.2) is 38.6 Å². The predicted octanol–water partition coefficient (Wildman–Crippen LogP) is 1.16. The molecule has 0 radical (unpaired) electrons. The summed E-state index contributed by atoms with van der Waals surface area (Å²) in [5.74, 6) is -2.32. The number of nitrogens with one attached hydrogen (secondary N) is 2. The number of carboxylic acids is 1. The second kappa shape index (κ2) is 7.26. The van der Waals surface area contributed by atoms with Crippen molar-refractivity contribution in [2.45, 2.75) is 32.2 Å². The minimum atomic E-state index is -1.24. The molecule has 1 aliphatic heterocycles. The first-order valence-electron chi connectivity index (χ1n) is 8.69. The van der Waals surface area contributed by atoms with Crippen molar-refractivity contribution in [1.82, 2.24) is 15.1 Å². The summed E-state index contributed by atoms with van der Waals surface area (Å²) in [6, 6.07) is 6.74. The van der Waals surface area contributed by atoms with Gasteiger partial charge in [-0.05, 0) is 38.0 Å². The first-order chi connectivity index (χ1) is 13.2. The number of carbonyl (C=O) groups excluding carboxylic acids is 3. The molecule has 3 amide bonds. The highest BCUT2D eigenvalue weighted by molar-refractivity contribution is 6.04. The van der Waals surface area contributed by atoms with Gasteiger partial charge in [0.05, 0.1) is 17.8 Å². The van der Waals surface area contributed by atoms with Gasteiger partial charge >= 0.3 is 5.97 Å². The molecule has 0 spiro atoms. The van der Waals surface area contributed by atoms with Gasteiger partial charge in [0.2, 0.25) is 11.8 Å². The van der Waals surface area contributed by atoms with Crippen LogP contribution in [0.2, 0.25) is 0 Å². The van der Waals surface area contributed by atoms with Crippen LogP contribution in [0, 0.1) is 5.92 Å². The Morgan fingerprint density at radius 2 is 1.96 bits per heavy atom. The fourth-order valence-electron chi connectivity index (χ4n) is 2.84. The van der Waals surface area contributed by atoms with Gasteiger partial charge < -0.3 is 10.4 Å². The molecule has 1 atom stereocenters. The number of nitrogens with zero attached hydrogens (tertiary/aromatic N) is 2. The Hall–Kier alpha value is -3.49. The summed E-state index contributed by atoms with van der Waals surface area (Å²) in [5, 5.41) is 18.2. The van der Waals surface area contributed by atoms with Crippen molar-refractivity contribution in [1.29, 1.82) is 0 Å². The Morgan fingerprint density at radius 3 is 2.54 bits per heavy atom. The van der Waals surface area contributed by atoms with Gasteiger partial charge in [0.1, 0.15) is 0 Å². The number of carboxylic acid groups (broad SMARTS) is 1. The van der Waals surface area contributed by atoms with Gasteiger partial charge in [0.15, 0.2) is 5.54 Å². The van der Waals surface area contributed by atoms with E-state index in [4.69, 9.17) is 0 Å². The second-order valence-corrected chi connectivity index (χ2v) is 7.21. The van der Waals surface area contributed by atoms with E-state index >= 15 is 0 Å². The van der Waals surface area contributed by atoms with E-state index in [0.29, 0.717) is 17.7 Å². The van der Waals surface area contributed by atoms with E-state index in [1.807, 2.05) is 0 Å². The van der Waals surface area contributed by atoms with Crippen LogP contribution in [-0.2, 0) is 26.3 Å². The van der Waals surface area contributed by atoms with Crippen LogP contribution in [0.15, 0.2) is 36.7 Å². The third kappa shape index (κ3) is 3.93. The molecule has 3 N–H and O–H groups in total. The molecule has 1 saturated heterocycles. The van der Waals surface area contributed by atoms with Gasteiger partial charge in [-0.2, -0.15) is 5.10 Å². The Balaban J connectivity index is 1.64. The van der Waals surface area contributed by atoms with Gasteiger partial charge in [-0.15, -0.1) is 0 Å². The first-order valence-corrected chi connectivity index (χ1v) is 8.69. The zero-order valence-electron chi connectivity index (χ0n) is 15.4. The lowest BCUT2D eigenvalue weighted by atomic mass is 9.97. The maximum Gasteiger partial charge on any atom is 0.331 e. The van der Waals surface area contributed by atoms with Crippen LogP contribution in [0.1, 0.15) is 36.2 Å². The molecule has 1 aromatic heterocycles. The quantitative estimate of drug-likeness (QED) is 0.641. The molecule has 2 aromatic rings. The standard InChI is InChI=1S/C19H20N4O5/c1-19(2,18(27)28)23-10-14(9-20-23)21-16(25)12-5-3-11(4-6-12)7-13-8-15(24)22-17(13)26/h3-6,9-10,13H,7-8H2,1-2H3,(H,21,25)(H,27,28)(H,22,24,26). The lowest BCUT2D eigenvalue weighted by molar-refractivity contribution is -0.146. The number of benzene rings is 1. The molecule has 2 heterocycles. The molecule has 1 aliphatic rings. The van der Waals surface area contributed by atoms with Crippen molar-refractivity contribution in [2.75, 3.05) is 5.32 Å². The fourth-order valence-corrected chi connectivity index (χ4v) is 2.84. The average Bonchev–Trinajstić information content (AvgIpc) is 3.22. The van der Waals surface area contributed by atoms with E-state index < -0.39 is 11.5 Å². The zero-order chi connectivity index (χ0) is 20.5. The summed E-state index contributed by atoms with van der Waals surface area (Å²) >= 11 is 0. The molecule has 9 nitrogen and oxygen atoms in total. The maximum atomic E-state index is 12.4. The Labute approximate surface area is 160 Å². The normalized spacial score (nSPS) is 16.7. The molecule has 1 fully saturated rings. The smallest absolute Gasteiger partial charge is 0.331 e. The van der Waals surface area contributed by atoms with Crippen molar-refractivity contribution >= 4 is 29.4 Å². The Kier molecular flexibility index (Phi) is 5.00. The Morgan fingerprint density at radius 1 is 1.29 bits per heavy atom. The first kappa shape index (κ1) is 19.3. The lowest BCUT2D eigenvalue weighted by Crippen LogP contribution is -2.35. The number of amides is 3. The minimum absolute atomic E-state index is 0.178. The largest absolute Gasteiger partial charge is 0.479 e. The van der Waals surface area contributed by atoms with E-state index in [1.54, 1.807) is 24.3 Å². The lowest BCUT2D eigenvalue weighted by Gasteiger charge is -2.19. The number of aromatic nitrogens is 2. The van der Waals surface area contributed by atoms with E-state index in [9.17, 15) is 24.3 Å². The molecular formula is C19H20N4O5. The van der Waals surface area contributed by atoms with Crippen molar-refractivity contribution in [3.05, 3.63) is 47.8 Å². The summed E-state index contributed by atoms with van der Waals surface area (Å²) in [5.41, 5.74) is 0.395. The topological polar surface area (TPSA) is 130 Å². The molecule has 28 heavy (non-hydrogen) atoms. The predicted molar refractivity (Wildman–Crippen MR) is 98.5 cm³/mol. The molecular weight excluding hydrogens is 364 g/mol. The second-order valence-electron chi connectivity index (χ2n) is 7.21. The van der Waals surface area contributed by atoms with Crippen molar-refractivity contribution in [2.24, 2.45) is 5.92 Å². The number of rotatable bonds is 6. The zero-order valence-corrected chi connectivity index (χ0v) is 15.4. The van der Waals surface area contributed by atoms with Crippen LogP contribution in [0.25, 0.3) is 0 Å². The molecule has 146 valence electrons. The van der Waals surface area contributed by atoms with Crippen LogP contribution in [0.4, 0.5) is 5.69 Å². The highest BCUT2D eigenvalue weighted by atomic mass is 16.4. The van der Waals surface area contributed by atoms with Crippen LogP contribution >= 0.6 is 0 Å². The highest BCUT2D eigenvalue weighted by Gasteiger charge is 2.31. The van der Waals surface area contributed by atoms with Gasteiger partial charge in [-0.25, -0.2) is 4.79 Å². The van der Waals surface area contributed by atoms with Crippen molar-refractivity contribution < 1.29 is 24.3 Å². The van der Waals surface area contributed by atoms with Crippen molar-refractivity contribution in [3.63, 3.8) is 0 Å². The fraction of sp³-hybridized carbons (Fsp3) is 0.316. The number of carbonyl (C=O) groups is 4. The summed E-state index contributed by atoms with van der Waals surface area (Å²) in [4.78, 5) is 46.6. The van der Waals surface area contributed by atoms with E-state index in [2.05, 4.69) is 15.7 Å². The van der Waals surface area contributed by atoms with Crippen LogP contribution in [0.5, 0.6) is 0 Å². The SMILES string of the molecule is CC(C)(C(=O)O)n1cc(NC(=O)c2ccc(CC3CC(=O)NC3=O)cc2)cn1. The third-order valence-corrected chi connectivity index (χ3v) is 4.70. The number of imide groups is 1. The third-order valence-electron chi connectivity index (χ3n) is 4.70. The molecule has 9 heteroatoms.